The van der Waals surface area contributed by atoms with E-state index in [0.29, 0.717) is 17.1 Å². The van der Waals surface area contributed by atoms with Gasteiger partial charge in [0.15, 0.2) is 6.61 Å². The van der Waals surface area contributed by atoms with Crippen molar-refractivity contribution in [1.29, 1.82) is 0 Å². The van der Waals surface area contributed by atoms with Crippen molar-refractivity contribution in [1.82, 2.24) is 0 Å². The molecule has 0 aromatic heterocycles. The zero-order valence-electron chi connectivity index (χ0n) is 11.6. The molecule has 0 unspecified atom stereocenters. The number of hydrogen-bond donors (Lipinski definition) is 3. The predicted octanol–water partition coefficient (Wildman–Crippen LogP) is 2.25. The summed E-state index contributed by atoms with van der Waals surface area (Å²) >= 11 is 0. The first-order chi connectivity index (χ1) is 10.2. The van der Waals surface area contributed by atoms with Crippen molar-refractivity contribution in [2.24, 2.45) is 0 Å². The molecular formula is C16H17N3O2. The second-order valence-corrected chi connectivity index (χ2v) is 4.93. The maximum absolute atomic E-state index is 11.3. The van der Waals surface area contributed by atoms with Crippen molar-refractivity contribution >= 4 is 23.0 Å². The number of carbonyl (C=O) groups excluding carboxylic acids is 1. The van der Waals surface area contributed by atoms with Gasteiger partial charge in [0.05, 0.1) is 17.1 Å². The average Bonchev–Trinajstić information content (AvgIpc) is 2.49. The van der Waals surface area contributed by atoms with E-state index in [9.17, 15) is 4.79 Å². The molecule has 0 saturated carbocycles. The number of benzene rings is 2. The number of fused-ring (bicyclic) bond motifs is 1. The highest BCUT2D eigenvalue weighted by Gasteiger charge is 2.17. The van der Waals surface area contributed by atoms with Gasteiger partial charge in [-0.1, -0.05) is 30.3 Å². The Morgan fingerprint density at radius 1 is 1.24 bits per heavy atom. The Balaban J connectivity index is 1.68. The Morgan fingerprint density at radius 3 is 2.86 bits per heavy atom. The van der Waals surface area contributed by atoms with Gasteiger partial charge in [0.1, 0.15) is 5.75 Å². The predicted molar refractivity (Wildman–Crippen MR) is 83.6 cm³/mol. The Kier molecular flexibility index (Phi) is 3.64. The Morgan fingerprint density at radius 2 is 2.05 bits per heavy atom. The van der Waals surface area contributed by atoms with Crippen molar-refractivity contribution in [2.75, 3.05) is 29.5 Å². The number of nitrogens with one attached hydrogen (secondary N) is 2. The van der Waals surface area contributed by atoms with Crippen molar-refractivity contribution in [3.05, 3.63) is 48.0 Å². The summed E-state index contributed by atoms with van der Waals surface area (Å²) in [5.74, 6) is 0.461. The molecule has 108 valence electrons. The number of amides is 1. The van der Waals surface area contributed by atoms with Gasteiger partial charge < -0.3 is 21.1 Å². The molecule has 0 bridgehead atoms. The van der Waals surface area contributed by atoms with Gasteiger partial charge in [0, 0.05) is 12.6 Å². The summed E-state index contributed by atoms with van der Waals surface area (Å²) in [7, 11) is 0. The van der Waals surface area contributed by atoms with Crippen molar-refractivity contribution in [3.63, 3.8) is 0 Å². The fourth-order valence-electron chi connectivity index (χ4n) is 2.28. The summed E-state index contributed by atoms with van der Waals surface area (Å²) in [5, 5.41) is 6.07. The van der Waals surface area contributed by atoms with E-state index >= 15 is 0 Å². The first-order valence-corrected chi connectivity index (χ1v) is 6.86. The Labute approximate surface area is 123 Å². The minimum atomic E-state index is -0.150. The number of anilines is 3. The van der Waals surface area contributed by atoms with Crippen LogP contribution in [0.5, 0.6) is 5.75 Å². The molecule has 1 aliphatic heterocycles. The molecule has 4 N–H and O–H groups in total. The first kappa shape index (κ1) is 13.3. The molecule has 0 atom stereocenters. The van der Waals surface area contributed by atoms with Crippen LogP contribution < -0.4 is 21.1 Å². The highest BCUT2D eigenvalue weighted by molar-refractivity contribution is 5.97. The van der Waals surface area contributed by atoms with Crippen LogP contribution in [-0.2, 0) is 11.2 Å². The number of nitrogen functional groups attached to an aromatic ring is 1. The zero-order valence-corrected chi connectivity index (χ0v) is 11.6. The average molecular weight is 283 g/mol. The normalized spacial score (nSPS) is 13.0. The molecule has 1 aliphatic rings. The zero-order chi connectivity index (χ0) is 14.7. The van der Waals surface area contributed by atoms with Crippen molar-refractivity contribution in [2.45, 2.75) is 6.42 Å². The first-order valence-electron chi connectivity index (χ1n) is 6.86. The second-order valence-electron chi connectivity index (χ2n) is 4.93. The lowest BCUT2D eigenvalue weighted by Gasteiger charge is -2.20. The van der Waals surface area contributed by atoms with E-state index in [1.807, 2.05) is 24.3 Å². The SMILES string of the molecule is Nc1cc2c(cc1NCCc1ccccc1)NC(=O)CO2. The fraction of sp³-hybridized carbons (Fsp3) is 0.188. The van der Waals surface area contributed by atoms with Gasteiger partial charge in [0.25, 0.3) is 5.91 Å². The van der Waals surface area contributed by atoms with E-state index < -0.39 is 0 Å². The topological polar surface area (TPSA) is 76.4 Å². The van der Waals surface area contributed by atoms with E-state index in [-0.39, 0.29) is 12.5 Å². The summed E-state index contributed by atoms with van der Waals surface area (Å²) in [6.07, 6.45) is 0.903. The van der Waals surface area contributed by atoms with Crippen LogP contribution in [0.2, 0.25) is 0 Å². The van der Waals surface area contributed by atoms with Crippen molar-refractivity contribution in [3.8, 4) is 5.75 Å². The summed E-state index contributed by atoms with van der Waals surface area (Å²) in [5.41, 5.74) is 9.33. The lowest BCUT2D eigenvalue weighted by molar-refractivity contribution is -0.118. The van der Waals surface area contributed by atoms with E-state index in [1.165, 1.54) is 5.56 Å². The summed E-state index contributed by atoms with van der Waals surface area (Å²) in [6, 6.07) is 13.8. The molecule has 2 aromatic rings. The van der Waals surface area contributed by atoms with Crippen LogP contribution in [0.4, 0.5) is 17.1 Å². The van der Waals surface area contributed by atoms with Gasteiger partial charge >= 0.3 is 0 Å². The minimum absolute atomic E-state index is 0.0349. The third-order valence-corrected chi connectivity index (χ3v) is 3.36. The lowest BCUT2D eigenvalue weighted by atomic mass is 10.1. The maximum Gasteiger partial charge on any atom is 0.262 e. The summed E-state index contributed by atoms with van der Waals surface area (Å²) in [6.45, 7) is 0.801. The van der Waals surface area contributed by atoms with E-state index in [2.05, 4.69) is 22.8 Å². The highest BCUT2D eigenvalue weighted by Crippen LogP contribution is 2.35. The molecular weight excluding hydrogens is 266 g/mol. The van der Waals surface area contributed by atoms with Gasteiger partial charge in [-0.15, -0.1) is 0 Å². The molecule has 1 heterocycles. The largest absolute Gasteiger partial charge is 0.482 e. The van der Waals surface area contributed by atoms with Crippen LogP contribution in [0.1, 0.15) is 5.56 Å². The molecule has 0 fully saturated rings. The number of rotatable bonds is 4. The molecule has 0 radical (unpaired) electrons. The van der Waals surface area contributed by atoms with Gasteiger partial charge in [-0.25, -0.2) is 0 Å². The van der Waals surface area contributed by atoms with Crippen LogP contribution in [-0.4, -0.2) is 19.1 Å². The number of hydrogen-bond acceptors (Lipinski definition) is 4. The summed E-state index contributed by atoms with van der Waals surface area (Å²) in [4.78, 5) is 11.3. The van der Waals surface area contributed by atoms with Crippen LogP contribution in [0, 0.1) is 0 Å². The smallest absolute Gasteiger partial charge is 0.262 e. The molecule has 5 heteroatoms. The van der Waals surface area contributed by atoms with Gasteiger partial charge in [0.2, 0.25) is 0 Å². The van der Waals surface area contributed by atoms with E-state index in [0.717, 1.165) is 18.7 Å². The van der Waals surface area contributed by atoms with Crippen molar-refractivity contribution < 1.29 is 9.53 Å². The van der Waals surface area contributed by atoms with Crippen LogP contribution >= 0.6 is 0 Å². The Hall–Kier alpha value is -2.69. The second kappa shape index (κ2) is 5.75. The Bertz CT molecular complexity index is 656. The molecule has 5 nitrogen and oxygen atoms in total. The highest BCUT2D eigenvalue weighted by atomic mass is 16.5. The van der Waals surface area contributed by atoms with Gasteiger partial charge in [-0.05, 0) is 18.1 Å². The van der Waals surface area contributed by atoms with Crippen LogP contribution in [0.15, 0.2) is 42.5 Å². The third kappa shape index (κ3) is 3.08. The quantitative estimate of drug-likeness (QED) is 0.752. The standard InChI is InChI=1S/C16H17N3O2/c17-12-8-15-14(19-16(20)10-21-15)9-13(12)18-7-6-11-4-2-1-3-5-11/h1-5,8-9,18H,6-7,10,17H2,(H,19,20). The van der Waals surface area contributed by atoms with Gasteiger partial charge in [-0.2, -0.15) is 0 Å². The molecule has 0 aliphatic carbocycles. The van der Waals surface area contributed by atoms with Crippen LogP contribution in [0.25, 0.3) is 0 Å². The molecule has 0 spiro atoms. The van der Waals surface area contributed by atoms with E-state index in [1.54, 1.807) is 6.07 Å². The van der Waals surface area contributed by atoms with Crippen LogP contribution in [0.3, 0.4) is 0 Å². The molecule has 0 saturated heterocycles. The lowest BCUT2D eigenvalue weighted by Crippen LogP contribution is -2.25. The number of nitrogens with two attached hydrogens (primary N) is 1. The molecule has 3 rings (SSSR count). The fourth-order valence-corrected chi connectivity index (χ4v) is 2.28. The summed E-state index contributed by atoms with van der Waals surface area (Å²) < 4.78 is 5.33. The third-order valence-electron chi connectivity index (χ3n) is 3.36. The molecule has 2 aromatic carbocycles. The number of ether oxygens (including phenoxy) is 1. The molecule has 1 amide bonds. The number of carbonyl (C=O) groups is 1. The van der Waals surface area contributed by atoms with Gasteiger partial charge in [-0.3, -0.25) is 4.79 Å². The maximum atomic E-state index is 11.3. The molecule has 21 heavy (non-hydrogen) atoms. The monoisotopic (exact) mass is 283 g/mol. The minimum Gasteiger partial charge on any atom is -0.482 e. The van der Waals surface area contributed by atoms with E-state index in [4.69, 9.17) is 10.5 Å².